The zero-order valence-electron chi connectivity index (χ0n) is 19.1. The number of carbonyl (C=O) groups excluding carboxylic acids is 1. The number of halogens is 1. The average Bonchev–Trinajstić information content (AvgIpc) is 2.78. The number of methoxy groups -OCH3 is 1. The van der Waals surface area contributed by atoms with Gasteiger partial charge in [0.25, 0.3) is 10.0 Å². The van der Waals surface area contributed by atoms with Crippen LogP contribution in [0.4, 0.5) is 17.1 Å². The molecule has 0 unspecified atom stereocenters. The Labute approximate surface area is 209 Å². The Morgan fingerprint density at radius 2 is 1.54 bits per heavy atom. The first-order valence-corrected chi connectivity index (χ1v) is 13.9. The van der Waals surface area contributed by atoms with Gasteiger partial charge in [0.15, 0.2) is 0 Å². The minimum absolute atomic E-state index is 0.0131. The number of rotatable bonds is 9. The van der Waals surface area contributed by atoms with Crippen molar-refractivity contribution in [2.45, 2.75) is 11.8 Å². The van der Waals surface area contributed by atoms with E-state index in [0.717, 1.165) is 10.6 Å². The lowest BCUT2D eigenvalue weighted by Crippen LogP contribution is -2.37. The van der Waals surface area contributed by atoms with Crippen molar-refractivity contribution in [3.05, 3.63) is 77.3 Å². The van der Waals surface area contributed by atoms with E-state index >= 15 is 0 Å². The third-order valence-corrected chi connectivity index (χ3v) is 7.66. The van der Waals surface area contributed by atoms with Gasteiger partial charge in [-0.1, -0.05) is 11.6 Å². The molecular weight excluding hydrogens is 514 g/mol. The van der Waals surface area contributed by atoms with Crippen molar-refractivity contribution in [1.29, 1.82) is 0 Å². The predicted octanol–water partition coefficient (Wildman–Crippen LogP) is 3.86. The van der Waals surface area contributed by atoms with Gasteiger partial charge in [-0.25, -0.2) is 16.8 Å². The molecule has 0 heterocycles. The van der Waals surface area contributed by atoms with Crippen LogP contribution in [-0.4, -0.2) is 42.7 Å². The second-order valence-electron chi connectivity index (χ2n) is 7.61. The summed E-state index contributed by atoms with van der Waals surface area (Å²) in [6, 6.07) is 16.6. The van der Waals surface area contributed by atoms with Crippen LogP contribution in [-0.2, 0) is 24.8 Å². The molecule has 0 aliphatic heterocycles. The molecule has 3 rings (SSSR count). The first kappa shape index (κ1) is 26.3. The van der Waals surface area contributed by atoms with Crippen LogP contribution in [0.1, 0.15) is 5.56 Å². The van der Waals surface area contributed by atoms with Crippen LogP contribution in [0.25, 0.3) is 0 Å². The number of hydrogen-bond donors (Lipinski definition) is 2. The molecule has 3 aromatic rings. The van der Waals surface area contributed by atoms with Crippen LogP contribution in [0.3, 0.4) is 0 Å². The van der Waals surface area contributed by atoms with Crippen LogP contribution in [0, 0.1) is 6.92 Å². The van der Waals surface area contributed by atoms with Crippen molar-refractivity contribution >= 4 is 54.6 Å². The van der Waals surface area contributed by atoms with E-state index in [-0.39, 0.29) is 4.90 Å². The zero-order chi connectivity index (χ0) is 25.8. The standard InChI is InChI=1S/C23H24ClN3O6S2/c1-16-14-17(24)4-13-22(16)27(34(3,29)30)15-23(28)25-18-7-11-21(12-8-18)35(31,32)26-19-5-9-20(33-2)10-6-19/h4-14,26H,15H2,1-3H3,(H,25,28). The van der Waals surface area contributed by atoms with E-state index in [2.05, 4.69) is 10.0 Å². The van der Waals surface area contributed by atoms with E-state index in [1.807, 2.05) is 0 Å². The van der Waals surface area contributed by atoms with Crippen molar-refractivity contribution in [2.24, 2.45) is 0 Å². The summed E-state index contributed by atoms with van der Waals surface area (Å²) in [6.45, 7) is 1.22. The fourth-order valence-electron chi connectivity index (χ4n) is 3.20. The number of amides is 1. The van der Waals surface area contributed by atoms with E-state index in [1.54, 1.807) is 43.3 Å². The number of anilines is 3. The number of ether oxygens (including phenoxy) is 1. The van der Waals surface area contributed by atoms with Crippen LogP contribution in [0.15, 0.2) is 71.6 Å². The van der Waals surface area contributed by atoms with Gasteiger partial charge in [0.05, 0.1) is 23.9 Å². The Bertz CT molecular complexity index is 1430. The number of benzene rings is 3. The molecule has 1 amide bonds. The summed E-state index contributed by atoms with van der Waals surface area (Å²) in [4.78, 5) is 12.6. The number of hydrogen-bond acceptors (Lipinski definition) is 6. The molecule has 9 nitrogen and oxygen atoms in total. The van der Waals surface area contributed by atoms with Crippen LogP contribution in [0.5, 0.6) is 5.75 Å². The van der Waals surface area contributed by atoms with Gasteiger partial charge < -0.3 is 10.1 Å². The molecule has 0 fully saturated rings. The highest BCUT2D eigenvalue weighted by Gasteiger charge is 2.23. The number of sulfonamides is 2. The van der Waals surface area contributed by atoms with Gasteiger partial charge in [0.1, 0.15) is 12.3 Å². The van der Waals surface area contributed by atoms with Crippen LogP contribution in [0.2, 0.25) is 5.02 Å². The van der Waals surface area contributed by atoms with Gasteiger partial charge in [-0.2, -0.15) is 0 Å². The second kappa shape index (κ2) is 10.5. The van der Waals surface area contributed by atoms with E-state index in [4.69, 9.17) is 16.3 Å². The fraction of sp³-hybridized carbons (Fsp3) is 0.174. The van der Waals surface area contributed by atoms with Crippen molar-refractivity contribution in [2.75, 3.05) is 34.3 Å². The minimum atomic E-state index is -3.86. The summed E-state index contributed by atoms with van der Waals surface area (Å²) in [6.07, 6.45) is 1.00. The SMILES string of the molecule is COc1ccc(NS(=O)(=O)c2ccc(NC(=O)CN(c3ccc(Cl)cc3C)S(C)(=O)=O)cc2)cc1. The van der Waals surface area contributed by atoms with Gasteiger partial charge in [-0.3, -0.25) is 13.8 Å². The van der Waals surface area contributed by atoms with Gasteiger partial charge in [0.2, 0.25) is 15.9 Å². The van der Waals surface area contributed by atoms with Gasteiger partial charge >= 0.3 is 0 Å². The highest BCUT2D eigenvalue weighted by molar-refractivity contribution is 7.92. The minimum Gasteiger partial charge on any atom is -0.497 e. The summed E-state index contributed by atoms with van der Waals surface area (Å²) >= 11 is 5.95. The van der Waals surface area contributed by atoms with Crippen molar-refractivity contribution < 1.29 is 26.4 Å². The third kappa shape index (κ3) is 6.87. The van der Waals surface area contributed by atoms with E-state index in [1.165, 1.54) is 37.4 Å². The molecule has 0 spiro atoms. The molecule has 12 heteroatoms. The summed E-state index contributed by atoms with van der Waals surface area (Å²) in [5, 5.41) is 3.03. The topological polar surface area (TPSA) is 122 Å². The third-order valence-electron chi connectivity index (χ3n) is 4.91. The lowest BCUT2D eigenvalue weighted by Gasteiger charge is -2.23. The number of nitrogens with zero attached hydrogens (tertiary/aromatic N) is 1. The number of nitrogens with one attached hydrogen (secondary N) is 2. The summed E-state index contributed by atoms with van der Waals surface area (Å²) in [5.41, 5.74) is 1.59. The van der Waals surface area contributed by atoms with Crippen LogP contribution >= 0.6 is 11.6 Å². The molecule has 186 valence electrons. The van der Waals surface area contributed by atoms with Gasteiger partial charge in [-0.15, -0.1) is 0 Å². The lowest BCUT2D eigenvalue weighted by molar-refractivity contribution is -0.114. The molecule has 3 aromatic carbocycles. The Kier molecular flexibility index (Phi) is 7.93. The maximum Gasteiger partial charge on any atom is 0.261 e. The Morgan fingerprint density at radius 1 is 0.943 bits per heavy atom. The molecule has 0 bridgehead atoms. The van der Waals surface area contributed by atoms with E-state index in [0.29, 0.717) is 33.4 Å². The molecule has 0 saturated carbocycles. The summed E-state index contributed by atoms with van der Waals surface area (Å²) < 4.78 is 58.4. The molecule has 2 N–H and O–H groups in total. The fourth-order valence-corrected chi connectivity index (χ4v) is 5.40. The smallest absolute Gasteiger partial charge is 0.261 e. The Hall–Kier alpha value is -3.28. The first-order chi connectivity index (χ1) is 16.4. The largest absolute Gasteiger partial charge is 0.497 e. The van der Waals surface area contributed by atoms with Gasteiger partial charge in [0, 0.05) is 16.4 Å². The Balaban J connectivity index is 1.71. The molecule has 35 heavy (non-hydrogen) atoms. The lowest BCUT2D eigenvalue weighted by atomic mass is 10.2. The number of aryl methyl sites for hydroxylation is 1. The highest BCUT2D eigenvalue weighted by Crippen LogP contribution is 2.26. The first-order valence-electron chi connectivity index (χ1n) is 10.2. The maximum absolute atomic E-state index is 12.6. The van der Waals surface area contributed by atoms with E-state index in [9.17, 15) is 21.6 Å². The number of carbonyl (C=O) groups is 1. The normalized spacial score (nSPS) is 11.5. The average molecular weight is 538 g/mol. The quantitative estimate of drug-likeness (QED) is 0.427. The monoisotopic (exact) mass is 537 g/mol. The van der Waals surface area contributed by atoms with Crippen molar-refractivity contribution in [3.63, 3.8) is 0 Å². The second-order valence-corrected chi connectivity index (χ2v) is 11.6. The zero-order valence-corrected chi connectivity index (χ0v) is 21.5. The van der Waals surface area contributed by atoms with Crippen molar-refractivity contribution in [3.8, 4) is 5.75 Å². The molecule has 0 aromatic heterocycles. The molecular formula is C23H24ClN3O6S2. The van der Waals surface area contributed by atoms with Gasteiger partial charge in [-0.05, 0) is 79.2 Å². The summed E-state index contributed by atoms with van der Waals surface area (Å²) in [5.74, 6) is -0.00885. The van der Waals surface area contributed by atoms with Crippen molar-refractivity contribution in [1.82, 2.24) is 0 Å². The predicted molar refractivity (Wildman–Crippen MR) is 137 cm³/mol. The summed E-state index contributed by atoms with van der Waals surface area (Å²) in [7, 11) is -6.12. The maximum atomic E-state index is 12.6. The molecule has 0 atom stereocenters. The molecule has 0 saturated heterocycles. The molecule has 0 aliphatic carbocycles. The molecule has 0 radical (unpaired) electrons. The van der Waals surface area contributed by atoms with Crippen LogP contribution < -0.4 is 19.1 Å². The highest BCUT2D eigenvalue weighted by atomic mass is 35.5. The molecule has 0 aliphatic rings. The van der Waals surface area contributed by atoms with E-state index < -0.39 is 32.5 Å². The Morgan fingerprint density at radius 3 is 2.09 bits per heavy atom.